The van der Waals surface area contributed by atoms with Crippen LogP contribution in [0.2, 0.25) is 0 Å². The van der Waals surface area contributed by atoms with E-state index in [0.29, 0.717) is 6.54 Å². The Morgan fingerprint density at radius 3 is 2.79 bits per heavy atom. The van der Waals surface area contributed by atoms with E-state index in [9.17, 15) is 9.90 Å². The molecule has 0 aromatic heterocycles. The summed E-state index contributed by atoms with van der Waals surface area (Å²) in [6, 6.07) is 4.85. The first kappa shape index (κ1) is 16.0. The lowest BCUT2D eigenvalue weighted by molar-refractivity contribution is -0.144. The molecule has 106 valence electrons. The van der Waals surface area contributed by atoms with Gasteiger partial charge in [-0.2, -0.15) is 0 Å². The van der Waals surface area contributed by atoms with Crippen molar-refractivity contribution in [2.75, 3.05) is 7.11 Å². The first-order chi connectivity index (χ1) is 8.99. The molecule has 0 saturated heterocycles. The van der Waals surface area contributed by atoms with Crippen LogP contribution < -0.4 is 5.32 Å². The topological polar surface area (TPSA) is 58.6 Å². The number of carbonyl (C=O) groups is 1. The highest BCUT2D eigenvalue weighted by Gasteiger charge is 2.24. The lowest BCUT2D eigenvalue weighted by atomic mass is 9.99. The smallest absolute Gasteiger partial charge is 0.323 e. The average molecular weight is 330 g/mol. The molecule has 0 aliphatic rings. The molecule has 5 heteroatoms. The predicted molar refractivity (Wildman–Crippen MR) is 77.9 cm³/mol. The number of halogens is 1. The van der Waals surface area contributed by atoms with Crippen LogP contribution in [0.25, 0.3) is 0 Å². The molecule has 19 heavy (non-hydrogen) atoms. The number of phenols is 1. The molecule has 2 N–H and O–H groups in total. The van der Waals surface area contributed by atoms with E-state index in [1.54, 1.807) is 12.1 Å². The van der Waals surface area contributed by atoms with Gasteiger partial charge in [-0.3, -0.25) is 10.1 Å². The molecule has 0 amide bonds. The maximum atomic E-state index is 11.7. The van der Waals surface area contributed by atoms with Crippen LogP contribution in [-0.4, -0.2) is 24.2 Å². The first-order valence-corrected chi connectivity index (χ1v) is 7.07. The van der Waals surface area contributed by atoms with Gasteiger partial charge in [0.25, 0.3) is 0 Å². The van der Waals surface area contributed by atoms with E-state index in [-0.39, 0.29) is 23.7 Å². The van der Waals surface area contributed by atoms with E-state index in [1.165, 1.54) is 7.11 Å². The number of hydrogen-bond acceptors (Lipinski definition) is 4. The third kappa shape index (κ3) is 4.51. The number of aromatic hydroxyl groups is 1. The summed E-state index contributed by atoms with van der Waals surface area (Å²) in [7, 11) is 1.38. The van der Waals surface area contributed by atoms with Gasteiger partial charge in [-0.25, -0.2) is 0 Å². The van der Waals surface area contributed by atoms with Crippen LogP contribution in [0.15, 0.2) is 22.7 Å². The summed E-state index contributed by atoms with van der Waals surface area (Å²) in [5.74, 6) is 0.106. The Hall–Kier alpha value is -1.07. The summed E-state index contributed by atoms with van der Waals surface area (Å²) < 4.78 is 5.69. The summed E-state index contributed by atoms with van der Waals surface area (Å²) in [6.45, 7) is 4.43. The Balaban J connectivity index is 2.75. The Labute approximate surface area is 122 Å². The van der Waals surface area contributed by atoms with Gasteiger partial charge in [-0.1, -0.05) is 36.2 Å². The second-order valence-electron chi connectivity index (χ2n) is 4.54. The molecule has 0 fully saturated rings. The van der Waals surface area contributed by atoms with Crippen molar-refractivity contribution < 1.29 is 14.6 Å². The Bertz CT molecular complexity index is 437. The minimum absolute atomic E-state index is 0.168. The van der Waals surface area contributed by atoms with Crippen LogP contribution in [0.1, 0.15) is 25.8 Å². The summed E-state index contributed by atoms with van der Waals surface area (Å²) >= 11 is 3.36. The van der Waals surface area contributed by atoms with Gasteiger partial charge in [0.05, 0.1) is 7.11 Å². The number of rotatable bonds is 6. The van der Waals surface area contributed by atoms with Gasteiger partial charge in [0.2, 0.25) is 0 Å². The van der Waals surface area contributed by atoms with Crippen LogP contribution in [0, 0.1) is 5.92 Å². The van der Waals surface area contributed by atoms with E-state index in [1.807, 2.05) is 19.9 Å². The Morgan fingerprint density at radius 1 is 1.53 bits per heavy atom. The zero-order valence-corrected chi connectivity index (χ0v) is 13.0. The van der Waals surface area contributed by atoms with E-state index in [4.69, 9.17) is 4.74 Å². The third-order valence-corrected chi connectivity index (χ3v) is 3.72. The number of phenolic OH excluding ortho intramolecular Hbond substituents is 1. The third-order valence-electron chi connectivity index (χ3n) is 3.22. The van der Waals surface area contributed by atoms with Gasteiger partial charge in [0.1, 0.15) is 11.8 Å². The Kier molecular flexibility index (Phi) is 6.31. The van der Waals surface area contributed by atoms with E-state index in [2.05, 4.69) is 21.2 Å². The number of esters is 1. The summed E-state index contributed by atoms with van der Waals surface area (Å²) in [6.07, 6.45) is 0.872. The number of nitrogens with one attached hydrogen (secondary N) is 1. The molecule has 0 aliphatic carbocycles. The molecular formula is C14H20BrNO3. The van der Waals surface area contributed by atoms with Crippen LogP contribution in [0.5, 0.6) is 5.75 Å². The fourth-order valence-corrected chi connectivity index (χ4v) is 2.20. The number of benzene rings is 1. The lowest BCUT2D eigenvalue weighted by Gasteiger charge is -2.22. The molecule has 0 saturated carbocycles. The number of ether oxygens (including phenoxy) is 1. The van der Waals surface area contributed by atoms with E-state index < -0.39 is 0 Å². The zero-order chi connectivity index (χ0) is 14.4. The fourth-order valence-electron chi connectivity index (χ4n) is 1.80. The van der Waals surface area contributed by atoms with Gasteiger partial charge in [-0.15, -0.1) is 0 Å². The SMILES string of the molecule is CCC(C)C(NCc1cc(Br)ccc1O)C(=O)OC. The second kappa shape index (κ2) is 7.50. The normalized spacial score (nSPS) is 13.9. The number of hydrogen-bond donors (Lipinski definition) is 2. The highest BCUT2D eigenvalue weighted by Crippen LogP contribution is 2.22. The molecule has 1 aromatic carbocycles. The standard InChI is InChI=1S/C14H20BrNO3/c1-4-9(2)13(14(18)19-3)16-8-10-7-11(15)5-6-12(10)17/h5-7,9,13,16-17H,4,8H2,1-3H3. The molecular weight excluding hydrogens is 310 g/mol. The predicted octanol–water partition coefficient (Wildman–Crippen LogP) is 2.83. The van der Waals surface area contributed by atoms with Crippen molar-refractivity contribution >= 4 is 21.9 Å². The first-order valence-electron chi connectivity index (χ1n) is 6.28. The summed E-state index contributed by atoms with van der Waals surface area (Å²) in [5.41, 5.74) is 0.742. The quantitative estimate of drug-likeness (QED) is 0.788. The van der Waals surface area contributed by atoms with Crippen LogP contribution in [-0.2, 0) is 16.1 Å². The molecule has 0 radical (unpaired) electrons. The molecule has 2 atom stereocenters. The van der Waals surface area contributed by atoms with Gasteiger partial charge in [-0.05, 0) is 24.1 Å². The lowest BCUT2D eigenvalue weighted by Crippen LogP contribution is -2.42. The van der Waals surface area contributed by atoms with Crippen LogP contribution >= 0.6 is 15.9 Å². The van der Waals surface area contributed by atoms with Crippen molar-refractivity contribution in [3.8, 4) is 5.75 Å². The van der Waals surface area contributed by atoms with E-state index >= 15 is 0 Å². The van der Waals surface area contributed by atoms with Gasteiger partial charge in [0.15, 0.2) is 0 Å². The van der Waals surface area contributed by atoms with Gasteiger partial charge < -0.3 is 9.84 Å². The molecule has 1 aromatic rings. The summed E-state index contributed by atoms with van der Waals surface area (Å²) in [5, 5.41) is 12.9. The zero-order valence-electron chi connectivity index (χ0n) is 11.4. The highest BCUT2D eigenvalue weighted by molar-refractivity contribution is 9.10. The largest absolute Gasteiger partial charge is 0.508 e. The maximum absolute atomic E-state index is 11.7. The minimum atomic E-state index is -0.367. The number of methoxy groups -OCH3 is 1. The average Bonchev–Trinajstić information content (AvgIpc) is 2.41. The number of carbonyl (C=O) groups excluding carboxylic acids is 1. The van der Waals surface area contributed by atoms with Crippen LogP contribution in [0.4, 0.5) is 0 Å². The van der Waals surface area contributed by atoms with Gasteiger partial charge in [0, 0.05) is 16.6 Å². The molecule has 0 aliphatic heterocycles. The fraction of sp³-hybridized carbons (Fsp3) is 0.500. The Morgan fingerprint density at radius 2 is 2.21 bits per heavy atom. The van der Waals surface area contributed by atoms with Crippen molar-refractivity contribution in [1.82, 2.24) is 5.32 Å². The van der Waals surface area contributed by atoms with Crippen molar-refractivity contribution in [3.05, 3.63) is 28.2 Å². The monoisotopic (exact) mass is 329 g/mol. The second-order valence-corrected chi connectivity index (χ2v) is 5.46. The van der Waals surface area contributed by atoms with Crippen molar-refractivity contribution in [2.24, 2.45) is 5.92 Å². The molecule has 0 heterocycles. The van der Waals surface area contributed by atoms with Crippen molar-refractivity contribution in [1.29, 1.82) is 0 Å². The highest BCUT2D eigenvalue weighted by atomic mass is 79.9. The van der Waals surface area contributed by atoms with E-state index in [0.717, 1.165) is 16.5 Å². The molecule has 0 bridgehead atoms. The van der Waals surface area contributed by atoms with Gasteiger partial charge >= 0.3 is 5.97 Å². The van der Waals surface area contributed by atoms with Crippen molar-refractivity contribution in [3.63, 3.8) is 0 Å². The molecule has 2 unspecified atom stereocenters. The van der Waals surface area contributed by atoms with Crippen LogP contribution in [0.3, 0.4) is 0 Å². The van der Waals surface area contributed by atoms with Crippen molar-refractivity contribution in [2.45, 2.75) is 32.9 Å². The molecule has 1 rings (SSSR count). The minimum Gasteiger partial charge on any atom is -0.508 e. The molecule has 0 spiro atoms. The maximum Gasteiger partial charge on any atom is 0.323 e. The molecule has 4 nitrogen and oxygen atoms in total. The summed E-state index contributed by atoms with van der Waals surface area (Å²) in [4.78, 5) is 11.7.